The Hall–Kier alpha value is -1.84. The van der Waals surface area contributed by atoms with Crippen LogP contribution in [0.1, 0.15) is 5.56 Å². The van der Waals surface area contributed by atoms with Crippen molar-refractivity contribution in [3.63, 3.8) is 0 Å². The van der Waals surface area contributed by atoms with Crippen molar-refractivity contribution in [3.8, 4) is 0 Å². The number of nitrogens with two attached hydrogens (primary N) is 1. The van der Waals surface area contributed by atoms with Gasteiger partial charge in [0.1, 0.15) is 24.9 Å². The van der Waals surface area contributed by atoms with Gasteiger partial charge < -0.3 is 34.6 Å². The molecule has 1 heterocycles. The average molecular weight is 409 g/mol. The van der Waals surface area contributed by atoms with Crippen molar-refractivity contribution < 1.29 is 52.4 Å². The molecule has 2 rings (SSSR count). The number of ether oxygens (including phenoxy) is 3. The number of aliphatic hydroxyl groups is 4. The molecule has 152 valence electrons. The van der Waals surface area contributed by atoms with Gasteiger partial charge in [-0.15, -0.1) is 0 Å². The Morgan fingerprint density at radius 3 is 2.37 bits per heavy atom. The first-order valence-electron chi connectivity index (χ1n) is 7.50. The predicted octanol–water partition coefficient (Wildman–Crippen LogP) is -2.36. The van der Waals surface area contributed by atoms with E-state index in [1.54, 1.807) is 30.3 Å². The molecule has 1 fully saturated rings. The molecule has 0 aliphatic carbocycles. The van der Waals surface area contributed by atoms with E-state index < -0.39 is 52.0 Å². The minimum absolute atomic E-state index is 0.242. The summed E-state index contributed by atoms with van der Waals surface area (Å²) in [5.74, 6) is -2.89. The molecule has 1 aliphatic rings. The van der Waals surface area contributed by atoms with Crippen LogP contribution in [0.4, 0.5) is 4.79 Å². The van der Waals surface area contributed by atoms with Crippen LogP contribution in [0.15, 0.2) is 30.3 Å². The lowest BCUT2D eigenvalue weighted by Gasteiger charge is -2.45. The fourth-order valence-corrected chi connectivity index (χ4v) is 2.88. The van der Waals surface area contributed by atoms with Crippen LogP contribution in [0.2, 0.25) is 0 Å². The first kappa shape index (κ1) is 21.5. The van der Waals surface area contributed by atoms with E-state index in [9.17, 15) is 33.6 Å². The van der Waals surface area contributed by atoms with Gasteiger partial charge in [0.15, 0.2) is 6.10 Å². The van der Waals surface area contributed by atoms with Crippen molar-refractivity contribution in [2.75, 3.05) is 0 Å². The highest BCUT2D eigenvalue weighted by molar-refractivity contribution is 7.86. The second-order valence-electron chi connectivity index (χ2n) is 5.76. The number of carbonyl (C=O) groups excluding carboxylic acids is 1. The molecule has 12 nitrogen and oxygen atoms in total. The van der Waals surface area contributed by atoms with Crippen molar-refractivity contribution in [2.45, 2.75) is 42.4 Å². The Bertz CT molecular complexity index is 758. The highest BCUT2D eigenvalue weighted by Gasteiger charge is 2.58. The maximum atomic E-state index is 11.8. The maximum Gasteiger partial charge on any atom is 0.512 e. The Morgan fingerprint density at radius 1 is 1.22 bits per heavy atom. The van der Waals surface area contributed by atoms with Crippen LogP contribution in [-0.2, 0) is 30.9 Å². The molecule has 13 heteroatoms. The zero-order valence-electron chi connectivity index (χ0n) is 13.7. The summed E-state index contributed by atoms with van der Waals surface area (Å²) >= 11 is 0. The van der Waals surface area contributed by atoms with Gasteiger partial charge in [0.2, 0.25) is 5.44 Å². The molecule has 1 aromatic rings. The van der Waals surface area contributed by atoms with Gasteiger partial charge in [0.25, 0.3) is 10.1 Å². The van der Waals surface area contributed by atoms with Crippen LogP contribution in [0, 0.1) is 0 Å². The molecule has 0 saturated carbocycles. The number of rotatable bonds is 5. The molecule has 1 unspecified atom stereocenters. The molecule has 1 aromatic carbocycles. The topological polar surface area (TPSA) is 206 Å². The second kappa shape index (κ2) is 8.04. The molecule has 0 spiro atoms. The number of benzene rings is 1. The van der Waals surface area contributed by atoms with Gasteiger partial charge in [-0.2, -0.15) is 8.42 Å². The van der Waals surface area contributed by atoms with Gasteiger partial charge in [-0.25, -0.2) is 4.79 Å². The summed E-state index contributed by atoms with van der Waals surface area (Å²) in [6.45, 7) is -0.242. The van der Waals surface area contributed by atoms with Crippen molar-refractivity contribution in [1.82, 2.24) is 0 Å². The molecule has 6 atom stereocenters. The molecular weight excluding hydrogens is 390 g/mol. The summed E-state index contributed by atoms with van der Waals surface area (Å²) in [6.07, 6.45) is -10.3. The normalized spacial score (nSPS) is 32.5. The summed E-state index contributed by atoms with van der Waals surface area (Å²) in [5.41, 5.74) is 3.38. The van der Waals surface area contributed by atoms with E-state index in [-0.39, 0.29) is 6.61 Å². The largest absolute Gasteiger partial charge is 0.512 e. The van der Waals surface area contributed by atoms with Crippen LogP contribution in [0.3, 0.4) is 0 Å². The van der Waals surface area contributed by atoms with Crippen LogP contribution >= 0.6 is 0 Å². The number of carbonyl (C=O) groups is 1. The molecule has 1 aliphatic heterocycles. The molecule has 0 bridgehead atoms. The third-order valence-electron chi connectivity index (χ3n) is 3.77. The standard InChI is InChI=1S/C14H19NO11S/c15-14(26-13(20)24-6-7-4-2-1-3-5-7)11(18)9(17)8(16)10(25-14)12(19)27(21,22)23/h1-5,8-12,16-19H,6,15H2,(H,21,22,23)/t8-,9-,10-,11+,12?,14-/m0/s1. The molecular formula is C14H19NO11S. The predicted molar refractivity (Wildman–Crippen MR) is 85.1 cm³/mol. The van der Waals surface area contributed by atoms with E-state index in [0.717, 1.165) is 0 Å². The SMILES string of the molecule is N[C@]1(OC(=O)OCc2ccccc2)O[C@H](C(O)S(=O)(=O)O)[C@@H](O)[C@H](O)[C@H]1O. The van der Waals surface area contributed by atoms with Gasteiger partial charge in [-0.1, -0.05) is 30.3 Å². The Morgan fingerprint density at radius 2 is 1.81 bits per heavy atom. The third-order valence-corrected chi connectivity index (χ3v) is 4.65. The van der Waals surface area contributed by atoms with Crippen LogP contribution in [0.25, 0.3) is 0 Å². The lowest BCUT2D eigenvalue weighted by Crippen LogP contribution is -2.72. The summed E-state index contributed by atoms with van der Waals surface area (Å²) in [5, 5.41) is 39.0. The van der Waals surface area contributed by atoms with Gasteiger partial charge in [0.05, 0.1) is 0 Å². The van der Waals surface area contributed by atoms with E-state index in [1.807, 2.05) is 0 Å². The second-order valence-corrected chi connectivity index (χ2v) is 7.27. The van der Waals surface area contributed by atoms with E-state index in [0.29, 0.717) is 5.56 Å². The third kappa shape index (κ3) is 4.91. The maximum absolute atomic E-state index is 11.8. The van der Waals surface area contributed by atoms with Crippen LogP contribution in [-0.4, -0.2) is 75.3 Å². The molecule has 27 heavy (non-hydrogen) atoms. The molecule has 1 saturated heterocycles. The Balaban J connectivity index is 2.11. The van der Waals surface area contributed by atoms with Gasteiger partial charge in [-0.3, -0.25) is 10.3 Å². The van der Waals surface area contributed by atoms with E-state index in [1.165, 1.54) is 0 Å². The smallest absolute Gasteiger partial charge is 0.429 e. The van der Waals surface area contributed by atoms with Crippen molar-refractivity contribution in [2.24, 2.45) is 5.73 Å². The summed E-state index contributed by atoms with van der Waals surface area (Å²) in [4.78, 5) is 11.8. The lowest BCUT2D eigenvalue weighted by atomic mass is 9.97. The van der Waals surface area contributed by atoms with Crippen LogP contribution < -0.4 is 5.73 Å². The summed E-state index contributed by atoms with van der Waals surface area (Å²) < 4.78 is 45.2. The number of aliphatic hydroxyl groups excluding tert-OH is 4. The molecule has 0 radical (unpaired) electrons. The highest BCUT2D eigenvalue weighted by atomic mass is 32.2. The highest BCUT2D eigenvalue weighted by Crippen LogP contribution is 2.30. The zero-order valence-corrected chi connectivity index (χ0v) is 14.5. The zero-order chi connectivity index (χ0) is 20.4. The van der Waals surface area contributed by atoms with Crippen molar-refractivity contribution >= 4 is 16.3 Å². The first-order chi connectivity index (χ1) is 12.5. The minimum Gasteiger partial charge on any atom is -0.429 e. The van der Waals surface area contributed by atoms with Crippen molar-refractivity contribution in [3.05, 3.63) is 35.9 Å². The molecule has 7 N–H and O–H groups in total. The molecule has 0 amide bonds. The van der Waals surface area contributed by atoms with Gasteiger partial charge in [-0.05, 0) is 5.56 Å². The van der Waals surface area contributed by atoms with E-state index in [4.69, 9.17) is 19.8 Å². The summed E-state index contributed by atoms with van der Waals surface area (Å²) in [6, 6.07) is 8.37. The van der Waals surface area contributed by atoms with Crippen molar-refractivity contribution in [1.29, 1.82) is 0 Å². The first-order valence-corrected chi connectivity index (χ1v) is 9.01. The quantitative estimate of drug-likeness (QED) is 0.172. The monoisotopic (exact) mass is 409 g/mol. The van der Waals surface area contributed by atoms with E-state index in [2.05, 4.69) is 4.74 Å². The Kier molecular flexibility index (Phi) is 6.39. The van der Waals surface area contributed by atoms with E-state index >= 15 is 0 Å². The fraction of sp³-hybridized carbons (Fsp3) is 0.500. The van der Waals surface area contributed by atoms with Gasteiger partial charge >= 0.3 is 12.1 Å². The summed E-state index contributed by atoms with van der Waals surface area (Å²) in [7, 11) is -5.15. The molecule has 0 aromatic heterocycles. The minimum atomic E-state index is -5.15. The van der Waals surface area contributed by atoms with Crippen LogP contribution in [0.5, 0.6) is 0 Å². The average Bonchev–Trinajstić information content (AvgIpc) is 2.61. The Labute approximate surface area is 153 Å². The fourth-order valence-electron chi connectivity index (χ4n) is 2.33. The number of hydrogen-bond donors (Lipinski definition) is 6. The number of hydrogen-bond acceptors (Lipinski definition) is 11. The van der Waals surface area contributed by atoms with Gasteiger partial charge in [0, 0.05) is 0 Å². The lowest BCUT2D eigenvalue weighted by molar-refractivity contribution is -0.350.